The summed E-state index contributed by atoms with van der Waals surface area (Å²) >= 11 is 0. The Balaban J connectivity index is 3.16. The number of sulfonamides is 1. The molecule has 1 rings (SSSR count). The highest BCUT2D eigenvalue weighted by atomic mass is 32.2. The fraction of sp³-hybridized carbons (Fsp3) is 0.462. The number of carbonyl (C=O) groups excluding carboxylic acids is 1. The van der Waals surface area contributed by atoms with Crippen LogP contribution in [0.1, 0.15) is 5.56 Å². The van der Waals surface area contributed by atoms with E-state index in [0.29, 0.717) is 0 Å². The van der Waals surface area contributed by atoms with Gasteiger partial charge in [-0.2, -0.15) is 4.31 Å². The van der Waals surface area contributed by atoms with Gasteiger partial charge < -0.3 is 9.64 Å². The van der Waals surface area contributed by atoms with Crippen LogP contribution in [0.4, 0.5) is 0 Å². The molecule has 0 bridgehead atoms. The van der Waals surface area contributed by atoms with Crippen molar-refractivity contribution in [3.8, 4) is 5.75 Å². The highest BCUT2D eigenvalue weighted by molar-refractivity contribution is 7.89. The Labute approximate surface area is 120 Å². The third-order valence-corrected chi connectivity index (χ3v) is 4.69. The summed E-state index contributed by atoms with van der Waals surface area (Å²) in [5, 5.41) is 0. The molecule has 112 valence electrons. The van der Waals surface area contributed by atoms with E-state index in [1.807, 2.05) is 0 Å². The summed E-state index contributed by atoms with van der Waals surface area (Å²) in [7, 11) is 2.17. The van der Waals surface area contributed by atoms with Gasteiger partial charge in [-0.1, -0.05) is 6.07 Å². The number of amides is 1. The molecule has 1 aromatic rings. The minimum Gasteiger partial charge on any atom is -0.495 e. The van der Waals surface area contributed by atoms with Gasteiger partial charge in [0, 0.05) is 21.1 Å². The van der Waals surface area contributed by atoms with Gasteiger partial charge in [0.15, 0.2) is 0 Å². The van der Waals surface area contributed by atoms with Crippen molar-refractivity contribution in [2.45, 2.75) is 11.8 Å². The SMILES string of the molecule is COc1ccc(C)cc1S(=O)(=O)N(C)CC(=O)N(C)C. The van der Waals surface area contributed by atoms with Crippen molar-refractivity contribution in [3.63, 3.8) is 0 Å². The van der Waals surface area contributed by atoms with Crippen LogP contribution in [-0.4, -0.2) is 58.3 Å². The van der Waals surface area contributed by atoms with Gasteiger partial charge in [-0.05, 0) is 24.6 Å². The molecule has 0 atom stereocenters. The molecule has 6 nitrogen and oxygen atoms in total. The van der Waals surface area contributed by atoms with Gasteiger partial charge in [0.25, 0.3) is 0 Å². The zero-order chi connectivity index (χ0) is 15.5. The number of hydrogen-bond donors (Lipinski definition) is 0. The Morgan fingerprint density at radius 2 is 1.85 bits per heavy atom. The number of likely N-dealkylation sites (N-methyl/N-ethyl adjacent to an activating group) is 2. The topological polar surface area (TPSA) is 66.9 Å². The summed E-state index contributed by atoms with van der Waals surface area (Å²) < 4.78 is 31.1. The maximum absolute atomic E-state index is 12.5. The predicted molar refractivity (Wildman–Crippen MR) is 76.2 cm³/mol. The lowest BCUT2D eigenvalue weighted by Crippen LogP contribution is -2.37. The summed E-state index contributed by atoms with van der Waals surface area (Å²) in [6.45, 7) is 1.58. The Morgan fingerprint density at radius 3 is 2.35 bits per heavy atom. The molecule has 0 saturated carbocycles. The molecular formula is C13H20N2O4S. The van der Waals surface area contributed by atoms with Gasteiger partial charge >= 0.3 is 0 Å². The molecule has 0 N–H and O–H groups in total. The highest BCUT2D eigenvalue weighted by Crippen LogP contribution is 2.27. The van der Waals surface area contributed by atoms with E-state index in [9.17, 15) is 13.2 Å². The van der Waals surface area contributed by atoms with Crippen LogP contribution in [0.3, 0.4) is 0 Å². The number of methoxy groups -OCH3 is 1. The van der Waals surface area contributed by atoms with Crippen molar-refractivity contribution in [2.24, 2.45) is 0 Å². The lowest BCUT2D eigenvalue weighted by atomic mass is 10.2. The largest absolute Gasteiger partial charge is 0.495 e. The van der Waals surface area contributed by atoms with E-state index in [0.717, 1.165) is 9.87 Å². The second-order valence-corrected chi connectivity index (χ2v) is 6.72. The summed E-state index contributed by atoms with van der Waals surface area (Å²) in [5.41, 5.74) is 0.803. The monoisotopic (exact) mass is 300 g/mol. The van der Waals surface area contributed by atoms with E-state index in [-0.39, 0.29) is 23.1 Å². The lowest BCUT2D eigenvalue weighted by molar-refractivity contribution is -0.128. The van der Waals surface area contributed by atoms with Crippen molar-refractivity contribution < 1.29 is 17.9 Å². The third kappa shape index (κ3) is 3.49. The Bertz CT molecular complexity index is 596. The molecular weight excluding hydrogens is 280 g/mol. The molecule has 7 heteroatoms. The van der Waals surface area contributed by atoms with Crippen molar-refractivity contribution >= 4 is 15.9 Å². The standard InChI is InChI=1S/C13H20N2O4S/c1-10-6-7-11(19-5)12(8-10)20(17,18)15(4)9-13(16)14(2)3/h6-8H,9H2,1-5H3. The molecule has 1 aromatic carbocycles. The molecule has 0 heterocycles. The third-order valence-electron chi connectivity index (χ3n) is 2.86. The van der Waals surface area contributed by atoms with E-state index >= 15 is 0 Å². The average molecular weight is 300 g/mol. The number of nitrogens with zero attached hydrogens (tertiary/aromatic N) is 2. The number of hydrogen-bond acceptors (Lipinski definition) is 4. The predicted octanol–water partition coefficient (Wildman–Crippen LogP) is 0.712. The quantitative estimate of drug-likeness (QED) is 0.803. The fourth-order valence-corrected chi connectivity index (χ4v) is 2.93. The number of carbonyl (C=O) groups is 1. The van der Waals surface area contributed by atoms with Crippen LogP contribution in [-0.2, 0) is 14.8 Å². The average Bonchev–Trinajstić information content (AvgIpc) is 2.38. The maximum Gasteiger partial charge on any atom is 0.246 e. The van der Waals surface area contributed by atoms with Crippen molar-refractivity contribution in [1.29, 1.82) is 0 Å². The second-order valence-electron chi connectivity index (χ2n) is 4.70. The zero-order valence-corrected chi connectivity index (χ0v) is 13.2. The van der Waals surface area contributed by atoms with Crippen LogP contribution in [0.5, 0.6) is 5.75 Å². The number of ether oxygens (including phenoxy) is 1. The van der Waals surface area contributed by atoms with Gasteiger partial charge in [0.2, 0.25) is 15.9 Å². The van der Waals surface area contributed by atoms with Crippen LogP contribution in [0, 0.1) is 6.92 Å². The van der Waals surface area contributed by atoms with Gasteiger partial charge in [0.05, 0.1) is 13.7 Å². The fourth-order valence-electron chi connectivity index (χ4n) is 1.57. The molecule has 0 unspecified atom stereocenters. The molecule has 0 aromatic heterocycles. The molecule has 0 saturated heterocycles. The van der Waals surface area contributed by atoms with Crippen LogP contribution >= 0.6 is 0 Å². The number of aryl methyl sites for hydroxylation is 1. The molecule has 0 aliphatic carbocycles. The van der Waals surface area contributed by atoms with Crippen molar-refractivity contribution in [3.05, 3.63) is 23.8 Å². The first-order valence-corrected chi connectivity index (χ1v) is 7.45. The van der Waals surface area contributed by atoms with Crippen molar-refractivity contribution in [1.82, 2.24) is 9.21 Å². The van der Waals surface area contributed by atoms with E-state index in [2.05, 4.69) is 0 Å². The van der Waals surface area contributed by atoms with Gasteiger partial charge in [-0.15, -0.1) is 0 Å². The Hall–Kier alpha value is -1.60. The lowest BCUT2D eigenvalue weighted by Gasteiger charge is -2.20. The summed E-state index contributed by atoms with van der Waals surface area (Å²) in [5.74, 6) is -0.0255. The van der Waals surface area contributed by atoms with E-state index in [1.54, 1.807) is 33.2 Å². The number of rotatable bonds is 5. The van der Waals surface area contributed by atoms with E-state index < -0.39 is 10.0 Å². The molecule has 0 fully saturated rings. The first-order chi connectivity index (χ1) is 9.20. The summed E-state index contributed by atoms with van der Waals surface area (Å²) in [4.78, 5) is 13.1. The highest BCUT2D eigenvalue weighted by Gasteiger charge is 2.26. The summed E-state index contributed by atoms with van der Waals surface area (Å²) in [6.07, 6.45) is 0. The van der Waals surface area contributed by atoms with Gasteiger partial charge in [-0.3, -0.25) is 4.79 Å². The van der Waals surface area contributed by atoms with Crippen LogP contribution in [0.2, 0.25) is 0 Å². The first-order valence-electron chi connectivity index (χ1n) is 6.01. The van der Waals surface area contributed by atoms with Gasteiger partial charge in [0.1, 0.15) is 10.6 Å². The van der Waals surface area contributed by atoms with Crippen molar-refractivity contribution in [2.75, 3.05) is 34.8 Å². The van der Waals surface area contributed by atoms with E-state index in [4.69, 9.17) is 4.74 Å². The van der Waals surface area contributed by atoms with Crippen LogP contribution < -0.4 is 4.74 Å². The Kier molecular flexibility index (Phi) is 5.13. The van der Waals surface area contributed by atoms with E-state index in [1.165, 1.54) is 25.1 Å². The normalized spacial score (nSPS) is 11.5. The summed E-state index contributed by atoms with van der Waals surface area (Å²) in [6, 6.07) is 4.90. The minimum absolute atomic E-state index is 0.0639. The molecule has 0 aliphatic rings. The number of benzene rings is 1. The maximum atomic E-state index is 12.5. The molecule has 1 amide bonds. The smallest absolute Gasteiger partial charge is 0.246 e. The van der Waals surface area contributed by atoms with Gasteiger partial charge in [-0.25, -0.2) is 8.42 Å². The zero-order valence-electron chi connectivity index (χ0n) is 12.4. The second kappa shape index (κ2) is 6.23. The molecule has 20 heavy (non-hydrogen) atoms. The first kappa shape index (κ1) is 16.5. The molecule has 0 spiro atoms. The Morgan fingerprint density at radius 1 is 1.25 bits per heavy atom. The van der Waals surface area contributed by atoms with Crippen LogP contribution in [0.25, 0.3) is 0 Å². The minimum atomic E-state index is -3.77. The molecule has 0 radical (unpaired) electrons. The molecule has 0 aliphatic heterocycles. The van der Waals surface area contributed by atoms with Crippen LogP contribution in [0.15, 0.2) is 23.1 Å².